The zero-order valence-corrected chi connectivity index (χ0v) is 23.4. The van der Waals surface area contributed by atoms with Crippen molar-refractivity contribution in [1.29, 1.82) is 0 Å². The Morgan fingerprint density at radius 3 is 2.61 bits per heavy atom. The van der Waals surface area contributed by atoms with E-state index in [-0.39, 0.29) is 19.1 Å². The molecular formula is C33H36N2O6. The fraction of sp³-hybridized carbons (Fsp3) is 0.424. The van der Waals surface area contributed by atoms with Gasteiger partial charge in [0.15, 0.2) is 0 Å². The lowest BCUT2D eigenvalue weighted by Gasteiger charge is -2.39. The third-order valence-electron chi connectivity index (χ3n) is 8.89. The summed E-state index contributed by atoms with van der Waals surface area (Å²) in [5, 5.41) is 10.7. The molecule has 2 fully saturated rings. The monoisotopic (exact) mass is 556 g/mol. The SMILES string of the molecule is Cc1ccc(C)c(N2CC=C[C@]34O[C@@H]5/C=C\CCCCOC(=O)[C@@H]5[C@H]3C(=O)N([C@H](CO)c3ccccc3)C4C2=O)c1. The number of fused-ring (bicyclic) bond motifs is 2. The highest BCUT2D eigenvalue weighted by molar-refractivity contribution is 6.06. The van der Waals surface area contributed by atoms with E-state index in [1.165, 1.54) is 4.90 Å². The quantitative estimate of drug-likeness (QED) is 0.455. The summed E-state index contributed by atoms with van der Waals surface area (Å²) in [5.41, 5.74) is 1.98. The molecule has 0 radical (unpaired) electrons. The van der Waals surface area contributed by atoms with Crippen LogP contribution in [0.2, 0.25) is 0 Å². The maximum absolute atomic E-state index is 14.8. The van der Waals surface area contributed by atoms with Crippen LogP contribution in [0.1, 0.15) is 42.0 Å². The van der Waals surface area contributed by atoms with Crippen molar-refractivity contribution in [3.05, 3.63) is 89.5 Å². The lowest BCUT2D eigenvalue weighted by Crippen LogP contribution is -2.56. The summed E-state index contributed by atoms with van der Waals surface area (Å²) < 4.78 is 12.4. The van der Waals surface area contributed by atoms with Crippen LogP contribution in [0, 0.1) is 25.7 Å². The van der Waals surface area contributed by atoms with Crippen LogP contribution in [0.3, 0.4) is 0 Å². The third-order valence-corrected chi connectivity index (χ3v) is 8.89. The van der Waals surface area contributed by atoms with Crippen molar-refractivity contribution in [2.45, 2.75) is 56.9 Å². The largest absolute Gasteiger partial charge is 0.465 e. The highest BCUT2D eigenvalue weighted by Gasteiger charge is 2.72. The number of amides is 2. The molecule has 0 aromatic heterocycles. The van der Waals surface area contributed by atoms with Gasteiger partial charge >= 0.3 is 5.97 Å². The number of ether oxygens (including phenoxy) is 2. The Balaban J connectivity index is 1.52. The van der Waals surface area contributed by atoms with Crippen LogP contribution in [0.5, 0.6) is 0 Å². The maximum atomic E-state index is 14.8. The van der Waals surface area contributed by atoms with E-state index in [0.717, 1.165) is 36.1 Å². The second-order valence-corrected chi connectivity index (χ2v) is 11.4. The number of hydrogen-bond acceptors (Lipinski definition) is 6. The Labute approximate surface area is 240 Å². The molecule has 2 amide bonds. The molecule has 1 N–H and O–H groups in total. The number of aliphatic hydroxyl groups excluding tert-OH is 1. The van der Waals surface area contributed by atoms with Crippen molar-refractivity contribution in [1.82, 2.24) is 4.90 Å². The zero-order chi connectivity index (χ0) is 28.7. The van der Waals surface area contributed by atoms with Crippen LogP contribution in [0.25, 0.3) is 0 Å². The fourth-order valence-corrected chi connectivity index (χ4v) is 6.95. The maximum Gasteiger partial charge on any atom is 0.312 e. The van der Waals surface area contributed by atoms with E-state index in [4.69, 9.17) is 9.47 Å². The molecule has 41 heavy (non-hydrogen) atoms. The van der Waals surface area contributed by atoms with Crippen molar-refractivity contribution in [3.63, 3.8) is 0 Å². The molecule has 1 unspecified atom stereocenters. The normalized spacial score (nSPS) is 31.1. The minimum absolute atomic E-state index is 0.273. The number of allylic oxidation sites excluding steroid dienone is 1. The Morgan fingerprint density at radius 1 is 1.02 bits per heavy atom. The summed E-state index contributed by atoms with van der Waals surface area (Å²) in [6.45, 7) is 4.09. The molecule has 0 bridgehead atoms. The smallest absolute Gasteiger partial charge is 0.312 e. The fourth-order valence-electron chi connectivity index (χ4n) is 6.95. The number of carbonyl (C=O) groups excluding carboxylic acids is 3. The average Bonchev–Trinajstić information content (AvgIpc) is 3.36. The van der Waals surface area contributed by atoms with Crippen LogP contribution >= 0.6 is 0 Å². The lowest BCUT2D eigenvalue weighted by atomic mass is 9.78. The first-order valence-corrected chi connectivity index (χ1v) is 14.4. The van der Waals surface area contributed by atoms with E-state index >= 15 is 0 Å². The molecule has 8 nitrogen and oxygen atoms in total. The molecule has 214 valence electrons. The van der Waals surface area contributed by atoms with E-state index in [1.807, 2.05) is 86.7 Å². The molecule has 6 rings (SSSR count). The van der Waals surface area contributed by atoms with Crippen LogP contribution in [0.15, 0.2) is 72.8 Å². The van der Waals surface area contributed by atoms with E-state index in [1.54, 1.807) is 4.90 Å². The molecule has 4 aliphatic heterocycles. The summed E-state index contributed by atoms with van der Waals surface area (Å²) >= 11 is 0. The lowest BCUT2D eigenvalue weighted by molar-refractivity contribution is -0.155. The number of esters is 1. The van der Waals surface area contributed by atoms with Gasteiger partial charge in [0.05, 0.1) is 31.3 Å². The molecule has 4 heterocycles. The van der Waals surface area contributed by atoms with E-state index in [2.05, 4.69) is 0 Å². The van der Waals surface area contributed by atoms with Crippen molar-refractivity contribution >= 4 is 23.5 Å². The van der Waals surface area contributed by atoms with Gasteiger partial charge < -0.3 is 24.4 Å². The van der Waals surface area contributed by atoms with E-state index < -0.39 is 54.1 Å². The molecule has 0 aliphatic carbocycles. The number of likely N-dealkylation sites (tertiary alicyclic amines) is 1. The van der Waals surface area contributed by atoms with Crippen molar-refractivity contribution in [3.8, 4) is 0 Å². The number of aliphatic hydroxyl groups is 1. The van der Waals surface area contributed by atoms with Crippen molar-refractivity contribution in [2.24, 2.45) is 11.8 Å². The van der Waals surface area contributed by atoms with Gasteiger partial charge in [0, 0.05) is 12.2 Å². The summed E-state index contributed by atoms with van der Waals surface area (Å²) in [4.78, 5) is 46.1. The highest BCUT2D eigenvalue weighted by atomic mass is 16.6. The number of carbonyl (C=O) groups is 3. The molecule has 2 saturated heterocycles. The van der Waals surface area contributed by atoms with Gasteiger partial charge in [-0.3, -0.25) is 14.4 Å². The van der Waals surface area contributed by atoms with E-state index in [9.17, 15) is 19.5 Å². The molecule has 2 aromatic carbocycles. The number of benzene rings is 2. The Morgan fingerprint density at radius 2 is 1.83 bits per heavy atom. The summed E-state index contributed by atoms with van der Waals surface area (Å²) in [6, 6.07) is 13.2. The molecule has 2 aromatic rings. The predicted molar refractivity (Wildman–Crippen MR) is 153 cm³/mol. The highest BCUT2D eigenvalue weighted by Crippen LogP contribution is 2.55. The van der Waals surface area contributed by atoms with Gasteiger partial charge in [0.2, 0.25) is 5.91 Å². The second kappa shape index (κ2) is 10.9. The van der Waals surface area contributed by atoms with Gasteiger partial charge in [-0.2, -0.15) is 0 Å². The first kappa shape index (κ1) is 27.4. The molecular weight excluding hydrogens is 520 g/mol. The summed E-state index contributed by atoms with van der Waals surface area (Å²) in [6.07, 6.45) is 9.24. The minimum Gasteiger partial charge on any atom is -0.465 e. The topological polar surface area (TPSA) is 96.4 Å². The third kappa shape index (κ3) is 4.50. The summed E-state index contributed by atoms with van der Waals surface area (Å²) in [5.74, 6) is -3.09. The molecule has 1 spiro atoms. The number of anilines is 1. The molecule has 4 aliphatic rings. The average molecular weight is 557 g/mol. The van der Waals surface area contributed by atoms with Crippen LogP contribution in [-0.2, 0) is 23.9 Å². The van der Waals surface area contributed by atoms with Gasteiger partial charge in [0.25, 0.3) is 5.91 Å². The number of cyclic esters (lactones) is 1. The Hall–Kier alpha value is -3.75. The van der Waals surface area contributed by atoms with Crippen LogP contribution < -0.4 is 4.90 Å². The van der Waals surface area contributed by atoms with Gasteiger partial charge in [0.1, 0.15) is 17.6 Å². The molecule has 0 saturated carbocycles. The van der Waals surface area contributed by atoms with Gasteiger partial charge in [-0.1, -0.05) is 66.8 Å². The van der Waals surface area contributed by atoms with Gasteiger partial charge in [-0.05, 0) is 55.9 Å². The molecule has 6 atom stereocenters. The predicted octanol–water partition coefficient (Wildman–Crippen LogP) is 3.80. The number of nitrogens with zero attached hydrogens (tertiary/aromatic N) is 2. The van der Waals surface area contributed by atoms with Gasteiger partial charge in [-0.15, -0.1) is 0 Å². The first-order chi connectivity index (χ1) is 19.9. The Bertz CT molecular complexity index is 1400. The van der Waals surface area contributed by atoms with Crippen LogP contribution in [-0.4, -0.2) is 65.3 Å². The minimum atomic E-state index is -1.41. The zero-order valence-electron chi connectivity index (χ0n) is 23.4. The van der Waals surface area contributed by atoms with Crippen LogP contribution in [0.4, 0.5) is 5.69 Å². The molecule has 8 heteroatoms. The Kier molecular flexibility index (Phi) is 7.30. The first-order valence-electron chi connectivity index (χ1n) is 14.4. The van der Waals surface area contributed by atoms with E-state index in [0.29, 0.717) is 5.56 Å². The van der Waals surface area contributed by atoms with Gasteiger partial charge in [-0.25, -0.2) is 0 Å². The van der Waals surface area contributed by atoms with Crippen molar-refractivity contribution in [2.75, 3.05) is 24.7 Å². The standard InChI is InChI=1S/C33H36N2O6/c1-21-14-15-22(2)24(19-21)34-17-10-16-33-28(27-26(41-33)13-8-3-4-9-18-40-32(27)39)30(37)35(29(33)31(34)38)25(20-36)23-11-6-5-7-12-23/h5-8,10-16,19,25-29,36H,3-4,9,17-18,20H2,1-2H3/b13-8-/t25-,26-,27+,28+,29?,33+/m1/s1. The second-order valence-electron chi connectivity index (χ2n) is 11.4. The number of rotatable bonds is 4. The summed E-state index contributed by atoms with van der Waals surface area (Å²) in [7, 11) is 0. The number of hydrogen-bond donors (Lipinski definition) is 1. The van der Waals surface area contributed by atoms with Crippen molar-refractivity contribution < 1.29 is 29.0 Å². The number of aryl methyl sites for hydroxylation is 2.